The monoisotopic (exact) mass is 331 g/mol. The van der Waals surface area contributed by atoms with Crippen LogP contribution in [0.3, 0.4) is 0 Å². The molecule has 0 bridgehead atoms. The van der Waals surface area contributed by atoms with Crippen molar-refractivity contribution in [3.05, 3.63) is 27.7 Å². The van der Waals surface area contributed by atoms with Crippen molar-refractivity contribution in [2.24, 2.45) is 5.92 Å². The van der Waals surface area contributed by atoms with Gasteiger partial charge in [0.05, 0.1) is 24.9 Å². The van der Waals surface area contributed by atoms with Gasteiger partial charge in [-0.05, 0) is 43.6 Å². The average molecular weight is 331 g/mol. The SMILES string of the molecule is O=C(CC1CCCC1)NC1COCC1n1nc2c(cc1=O)CCC2. The average Bonchev–Trinajstić information content (AvgIpc) is 3.27. The highest BCUT2D eigenvalue weighted by Crippen LogP contribution is 2.28. The molecule has 2 heterocycles. The first-order chi connectivity index (χ1) is 11.7. The molecule has 3 aliphatic rings. The van der Waals surface area contributed by atoms with E-state index in [0.29, 0.717) is 25.6 Å². The van der Waals surface area contributed by atoms with Crippen LogP contribution < -0.4 is 10.9 Å². The van der Waals surface area contributed by atoms with Gasteiger partial charge in [-0.15, -0.1) is 0 Å². The van der Waals surface area contributed by atoms with E-state index >= 15 is 0 Å². The van der Waals surface area contributed by atoms with Crippen molar-refractivity contribution in [3.8, 4) is 0 Å². The summed E-state index contributed by atoms with van der Waals surface area (Å²) in [5, 5.41) is 7.65. The Bertz CT molecular complexity index is 679. The summed E-state index contributed by atoms with van der Waals surface area (Å²) in [4.78, 5) is 24.7. The van der Waals surface area contributed by atoms with Gasteiger partial charge < -0.3 is 10.1 Å². The summed E-state index contributed by atoms with van der Waals surface area (Å²) in [7, 11) is 0. The first-order valence-corrected chi connectivity index (χ1v) is 9.19. The maximum absolute atomic E-state index is 12.4. The van der Waals surface area contributed by atoms with Crippen LogP contribution in [-0.4, -0.2) is 34.9 Å². The summed E-state index contributed by atoms with van der Waals surface area (Å²) in [5.74, 6) is 0.600. The summed E-state index contributed by atoms with van der Waals surface area (Å²) in [6.45, 7) is 0.881. The molecule has 4 rings (SSSR count). The van der Waals surface area contributed by atoms with Gasteiger partial charge in [0.1, 0.15) is 6.04 Å². The van der Waals surface area contributed by atoms with Gasteiger partial charge in [-0.3, -0.25) is 9.59 Å². The number of aromatic nitrogens is 2. The van der Waals surface area contributed by atoms with E-state index < -0.39 is 0 Å². The number of hydrogen-bond donors (Lipinski definition) is 1. The van der Waals surface area contributed by atoms with Crippen molar-refractivity contribution in [2.45, 2.75) is 63.5 Å². The highest BCUT2D eigenvalue weighted by molar-refractivity contribution is 5.76. The quantitative estimate of drug-likeness (QED) is 0.904. The van der Waals surface area contributed by atoms with Crippen LogP contribution in [0, 0.1) is 5.92 Å². The van der Waals surface area contributed by atoms with Gasteiger partial charge in [0.2, 0.25) is 5.91 Å². The predicted molar refractivity (Wildman–Crippen MR) is 88.9 cm³/mol. The zero-order chi connectivity index (χ0) is 16.5. The van der Waals surface area contributed by atoms with Crippen LogP contribution in [0.5, 0.6) is 0 Å². The van der Waals surface area contributed by atoms with Crippen LogP contribution in [0.2, 0.25) is 0 Å². The number of carbonyl (C=O) groups is 1. The topological polar surface area (TPSA) is 73.2 Å². The second kappa shape index (κ2) is 6.67. The van der Waals surface area contributed by atoms with Crippen LogP contribution in [0.25, 0.3) is 0 Å². The second-order valence-corrected chi connectivity index (χ2v) is 7.39. The Morgan fingerprint density at radius 3 is 2.92 bits per heavy atom. The van der Waals surface area contributed by atoms with E-state index in [0.717, 1.165) is 43.4 Å². The van der Waals surface area contributed by atoms with Crippen molar-refractivity contribution < 1.29 is 9.53 Å². The fraction of sp³-hybridized carbons (Fsp3) is 0.722. The van der Waals surface area contributed by atoms with Crippen LogP contribution in [0.4, 0.5) is 0 Å². The smallest absolute Gasteiger partial charge is 0.267 e. The Labute approximate surface area is 141 Å². The lowest BCUT2D eigenvalue weighted by molar-refractivity contribution is -0.122. The minimum absolute atomic E-state index is 0.0802. The summed E-state index contributed by atoms with van der Waals surface area (Å²) < 4.78 is 7.09. The first-order valence-electron chi connectivity index (χ1n) is 9.19. The fourth-order valence-electron chi connectivity index (χ4n) is 4.32. The van der Waals surface area contributed by atoms with E-state index in [1.54, 1.807) is 6.07 Å². The molecule has 2 unspecified atom stereocenters. The number of hydrogen-bond acceptors (Lipinski definition) is 4. The maximum atomic E-state index is 12.4. The lowest BCUT2D eigenvalue weighted by Gasteiger charge is -2.21. The molecule has 1 saturated heterocycles. The predicted octanol–water partition coefficient (Wildman–Crippen LogP) is 1.37. The number of nitrogens with one attached hydrogen (secondary N) is 1. The summed E-state index contributed by atoms with van der Waals surface area (Å²) in [6, 6.07) is 1.35. The molecule has 1 aromatic heterocycles. The van der Waals surface area contributed by atoms with E-state index in [1.807, 2.05) is 0 Å². The van der Waals surface area contributed by atoms with E-state index in [-0.39, 0.29) is 23.6 Å². The summed E-state index contributed by atoms with van der Waals surface area (Å²) in [6.07, 6.45) is 8.32. The Morgan fingerprint density at radius 2 is 2.08 bits per heavy atom. The Morgan fingerprint density at radius 1 is 1.25 bits per heavy atom. The molecule has 6 nitrogen and oxygen atoms in total. The molecule has 1 amide bonds. The third kappa shape index (κ3) is 3.11. The molecule has 2 atom stereocenters. The van der Waals surface area contributed by atoms with Gasteiger partial charge in [-0.25, -0.2) is 4.68 Å². The van der Waals surface area contributed by atoms with Gasteiger partial charge >= 0.3 is 0 Å². The minimum atomic E-state index is -0.198. The number of nitrogens with zero attached hydrogens (tertiary/aromatic N) is 2. The van der Waals surface area contributed by atoms with Crippen LogP contribution in [0.15, 0.2) is 10.9 Å². The van der Waals surface area contributed by atoms with Gasteiger partial charge in [0.15, 0.2) is 0 Å². The molecule has 1 aromatic rings. The summed E-state index contributed by atoms with van der Waals surface area (Å²) >= 11 is 0. The molecule has 130 valence electrons. The molecule has 1 saturated carbocycles. The van der Waals surface area contributed by atoms with Crippen molar-refractivity contribution in [2.75, 3.05) is 13.2 Å². The molecule has 2 fully saturated rings. The molecule has 0 spiro atoms. The molecule has 1 aliphatic heterocycles. The van der Waals surface area contributed by atoms with Crippen LogP contribution in [-0.2, 0) is 22.4 Å². The van der Waals surface area contributed by atoms with E-state index in [2.05, 4.69) is 10.4 Å². The van der Waals surface area contributed by atoms with E-state index in [4.69, 9.17) is 4.74 Å². The standard InChI is InChI=1S/C18H25N3O3/c22-17(8-12-4-1-2-5-12)19-15-10-24-11-16(15)21-18(23)9-13-6-3-7-14(13)20-21/h9,12,15-16H,1-8,10-11H2,(H,19,22). The molecule has 6 heteroatoms. The van der Waals surface area contributed by atoms with Crippen LogP contribution in [0.1, 0.15) is 55.8 Å². The highest BCUT2D eigenvalue weighted by Gasteiger charge is 2.33. The Kier molecular flexibility index (Phi) is 4.39. The number of amides is 1. The molecule has 0 aromatic carbocycles. The Balaban J connectivity index is 1.46. The van der Waals surface area contributed by atoms with Gasteiger partial charge in [-0.2, -0.15) is 5.10 Å². The lowest BCUT2D eigenvalue weighted by Crippen LogP contribution is -2.44. The van der Waals surface area contributed by atoms with Crippen molar-refractivity contribution in [3.63, 3.8) is 0 Å². The molecule has 2 aliphatic carbocycles. The first kappa shape index (κ1) is 15.8. The third-order valence-electron chi connectivity index (χ3n) is 5.64. The number of carbonyl (C=O) groups excluding carboxylic acids is 1. The fourth-order valence-corrected chi connectivity index (χ4v) is 4.32. The number of fused-ring (bicyclic) bond motifs is 1. The van der Waals surface area contributed by atoms with Crippen molar-refractivity contribution in [1.82, 2.24) is 15.1 Å². The highest BCUT2D eigenvalue weighted by atomic mass is 16.5. The summed E-state index contributed by atoms with van der Waals surface area (Å²) in [5.41, 5.74) is 2.02. The normalized spacial score (nSPS) is 26.7. The minimum Gasteiger partial charge on any atom is -0.377 e. The largest absolute Gasteiger partial charge is 0.377 e. The van der Waals surface area contributed by atoms with Gasteiger partial charge in [0.25, 0.3) is 5.56 Å². The zero-order valence-corrected chi connectivity index (χ0v) is 14.0. The molecular formula is C18H25N3O3. The number of ether oxygens (including phenoxy) is 1. The second-order valence-electron chi connectivity index (χ2n) is 7.39. The van der Waals surface area contributed by atoms with Crippen molar-refractivity contribution >= 4 is 5.91 Å². The van der Waals surface area contributed by atoms with Crippen LogP contribution >= 0.6 is 0 Å². The third-order valence-corrected chi connectivity index (χ3v) is 5.64. The van der Waals surface area contributed by atoms with Gasteiger partial charge in [0, 0.05) is 12.5 Å². The van der Waals surface area contributed by atoms with E-state index in [1.165, 1.54) is 17.5 Å². The number of rotatable bonds is 4. The molecule has 24 heavy (non-hydrogen) atoms. The molecule has 0 radical (unpaired) electrons. The number of aryl methyl sites for hydroxylation is 2. The van der Waals surface area contributed by atoms with Crippen molar-refractivity contribution in [1.29, 1.82) is 0 Å². The van der Waals surface area contributed by atoms with E-state index in [9.17, 15) is 9.59 Å². The maximum Gasteiger partial charge on any atom is 0.267 e. The molecular weight excluding hydrogens is 306 g/mol. The zero-order valence-electron chi connectivity index (χ0n) is 14.0. The lowest BCUT2D eigenvalue weighted by atomic mass is 10.0. The molecule has 1 N–H and O–H groups in total. The Hall–Kier alpha value is -1.69. The van der Waals surface area contributed by atoms with Gasteiger partial charge in [-0.1, -0.05) is 12.8 Å².